The third-order valence-electron chi connectivity index (χ3n) is 8.59. The number of aromatic nitrogens is 5. The number of amides is 3. The van der Waals surface area contributed by atoms with E-state index in [2.05, 4.69) is 40.0 Å². The molecule has 0 saturated heterocycles. The SMILES string of the molecule is CCn1cnnc1-c1cccc(N2Cc3c(cc(N(C)C(C)C)nc3CNCC(=O)NCCCCCC(=O)N[C@H]([C-]=O)C(C)(C)C)C2=O)n1.[Li+]. The van der Waals surface area contributed by atoms with E-state index >= 15 is 0 Å². The number of fused-ring (bicyclic) bond motifs is 1. The van der Waals surface area contributed by atoms with Crippen LogP contribution >= 0.6 is 0 Å². The number of nitrogens with one attached hydrogen (secondary N) is 3. The second-order valence-corrected chi connectivity index (χ2v) is 13.6. The Kier molecular flexibility index (Phi) is 14.7. The van der Waals surface area contributed by atoms with Crippen molar-refractivity contribution in [3.63, 3.8) is 0 Å². The van der Waals surface area contributed by atoms with Gasteiger partial charge in [0.25, 0.3) is 5.91 Å². The molecule has 14 nitrogen and oxygen atoms in total. The van der Waals surface area contributed by atoms with Crippen LogP contribution in [0, 0.1) is 5.41 Å². The second-order valence-electron chi connectivity index (χ2n) is 13.6. The molecule has 3 aromatic rings. The summed E-state index contributed by atoms with van der Waals surface area (Å²) in [5, 5.41) is 17.1. The van der Waals surface area contributed by atoms with Gasteiger partial charge in [-0.2, -0.15) is 0 Å². The Morgan fingerprint density at radius 3 is 2.54 bits per heavy atom. The van der Waals surface area contributed by atoms with Crippen molar-refractivity contribution in [2.75, 3.05) is 29.9 Å². The summed E-state index contributed by atoms with van der Waals surface area (Å²) in [7, 11) is 1.94. The first kappa shape index (κ1) is 40.3. The van der Waals surface area contributed by atoms with E-state index in [1.807, 2.05) is 68.7 Å². The van der Waals surface area contributed by atoms with Crippen LogP contribution in [0.1, 0.15) is 88.8 Å². The number of nitrogens with zero attached hydrogens (tertiary/aromatic N) is 7. The van der Waals surface area contributed by atoms with E-state index in [1.165, 1.54) is 0 Å². The molecule has 4 heterocycles. The zero-order valence-corrected chi connectivity index (χ0v) is 30.7. The zero-order valence-electron chi connectivity index (χ0n) is 30.7. The predicted molar refractivity (Wildman–Crippen MR) is 187 cm³/mol. The van der Waals surface area contributed by atoms with Gasteiger partial charge in [-0.05, 0) is 57.2 Å². The van der Waals surface area contributed by atoms with E-state index in [0.717, 1.165) is 18.4 Å². The molecule has 1 aliphatic heterocycles. The summed E-state index contributed by atoms with van der Waals surface area (Å²) in [4.78, 5) is 63.1. The van der Waals surface area contributed by atoms with E-state index in [4.69, 9.17) is 9.97 Å². The Balaban J connectivity index is 0.00000676. The zero-order chi connectivity index (χ0) is 35.7. The minimum absolute atomic E-state index is 0. The van der Waals surface area contributed by atoms with Gasteiger partial charge in [0.15, 0.2) is 5.82 Å². The predicted octanol–water partition coefficient (Wildman–Crippen LogP) is 0.171. The van der Waals surface area contributed by atoms with Crippen molar-refractivity contribution in [1.82, 2.24) is 40.7 Å². The Morgan fingerprint density at radius 2 is 1.86 bits per heavy atom. The summed E-state index contributed by atoms with van der Waals surface area (Å²) < 4.78 is 1.89. The van der Waals surface area contributed by atoms with Crippen LogP contribution in [-0.4, -0.2) is 81.0 Å². The molecular weight excluding hydrogens is 631 g/mol. The molecule has 264 valence electrons. The van der Waals surface area contributed by atoms with Crippen molar-refractivity contribution in [2.24, 2.45) is 5.41 Å². The Hall–Kier alpha value is -4.12. The quantitative estimate of drug-likeness (QED) is 0.102. The third kappa shape index (κ3) is 10.2. The number of hydrogen-bond acceptors (Lipinski definition) is 10. The summed E-state index contributed by atoms with van der Waals surface area (Å²) in [5.41, 5.74) is 2.30. The number of carbonyl (C=O) groups excluding carboxylic acids is 4. The number of unbranched alkanes of at least 4 members (excludes halogenated alkanes) is 2. The van der Waals surface area contributed by atoms with E-state index in [0.29, 0.717) is 73.4 Å². The van der Waals surface area contributed by atoms with Gasteiger partial charge in [0.1, 0.15) is 23.7 Å². The van der Waals surface area contributed by atoms with Crippen LogP contribution in [0.15, 0.2) is 30.6 Å². The van der Waals surface area contributed by atoms with Gasteiger partial charge in [-0.25, -0.2) is 16.3 Å². The third-order valence-corrected chi connectivity index (χ3v) is 8.59. The van der Waals surface area contributed by atoms with Gasteiger partial charge in [-0.15, -0.1) is 10.2 Å². The Labute approximate surface area is 306 Å². The van der Waals surface area contributed by atoms with E-state index in [9.17, 15) is 19.2 Å². The maximum Gasteiger partial charge on any atom is 1.00 e. The molecule has 4 rings (SSSR count). The smallest absolute Gasteiger partial charge is 0.540 e. The molecular formula is C35H49LiN10O4. The van der Waals surface area contributed by atoms with Crippen molar-refractivity contribution < 1.29 is 38.0 Å². The summed E-state index contributed by atoms with van der Waals surface area (Å²) in [6.07, 6.45) is 6.02. The first-order valence-corrected chi connectivity index (χ1v) is 16.9. The van der Waals surface area contributed by atoms with E-state index < -0.39 is 6.04 Å². The fourth-order valence-electron chi connectivity index (χ4n) is 5.34. The Morgan fingerprint density at radius 1 is 1.10 bits per heavy atom. The molecule has 3 amide bonds. The average molecular weight is 681 g/mol. The molecule has 15 heteroatoms. The molecule has 50 heavy (non-hydrogen) atoms. The number of anilines is 2. The molecule has 0 aromatic carbocycles. The van der Waals surface area contributed by atoms with Gasteiger partial charge in [0.2, 0.25) is 11.8 Å². The number of hydrogen-bond donors (Lipinski definition) is 3. The first-order chi connectivity index (χ1) is 23.3. The van der Waals surface area contributed by atoms with Crippen LogP contribution in [0.3, 0.4) is 0 Å². The topological polar surface area (TPSA) is 167 Å². The van der Waals surface area contributed by atoms with Crippen LogP contribution in [0.2, 0.25) is 0 Å². The van der Waals surface area contributed by atoms with Gasteiger partial charge >= 0.3 is 18.9 Å². The van der Waals surface area contributed by atoms with E-state index in [1.54, 1.807) is 17.3 Å². The maximum atomic E-state index is 13.8. The fraction of sp³-hybridized carbons (Fsp3) is 0.543. The van der Waals surface area contributed by atoms with Crippen molar-refractivity contribution in [2.45, 2.75) is 98.9 Å². The minimum atomic E-state index is -0.643. The van der Waals surface area contributed by atoms with Gasteiger partial charge < -0.3 is 30.2 Å². The monoisotopic (exact) mass is 680 g/mol. The number of pyridine rings is 2. The average Bonchev–Trinajstić information content (AvgIpc) is 3.69. The van der Waals surface area contributed by atoms with Crippen molar-refractivity contribution >= 4 is 35.6 Å². The molecule has 0 radical (unpaired) electrons. The summed E-state index contributed by atoms with van der Waals surface area (Å²) in [5.74, 6) is 1.33. The summed E-state index contributed by atoms with van der Waals surface area (Å²) in [6.45, 7) is 13.6. The number of rotatable bonds is 17. The minimum Gasteiger partial charge on any atom is -0.540 e. The van der Waals surface area contributed by atoms with Crippen LogP contribution < -0.4 is 44.6 Å². The number of carbonyl (C=O) groups is 3. The second kappa shape index (κ2) is 18.2. The molecule has 1 atom stereocenters. The molecule has 0 spiro atoms. The standard InChI is InChI=1S/C35H49N10O4.Li/c1-8-44-22-38-42-33(44)26-13-12-14-29(39-26)45-20-25-24(34(45)49)17-30(43(7)23(2)3)40-27(25)18-36-19-32(48)37-16-11-9-10-15-31(47)41-28(21-46)35(4,5)6;/h12-14,17,22-23,28,36H,8-11,15-16,18-20H2,1-7H3,(H,37,48)(H,41,47);/q-1;+1/t28-;/m1./s1. The fourth-order valence-corrected chi connectivity index (χ4v) is 5.34. The van der Waals surface area contributed by atoms with Gasteiger partial charge in [-0.1, -0.05) is 39.3 Å². The van der Waals surface area contributed by atoms with Crippen LogP contribution in [-0.2, 0) is 34.0 Å². The van der Waals surface area contributed by atoms with E-state index in [-0.39, 0.29) is 54.6 Å². The maximum absolute atomic E-state index is 13.8. The Bertz CT molecular complexity index is 1640. The number of aryl methyl sites for hydroxylation is 1. The molecule has 0 unspecified atom stereocenters. The first-order valence-electron chi connectivity index (χ1n) is 16.9. The molecule has 0 bridgehead atoms. The molecule has 1 aliphatic rings. The van der Waals surface area contributed by atoms with Crippen molar-refractivity contribution in [1.29, 1.82) is 0 Å². The van der Waals surface area contributed by atoms with Crippen LogP contribution in [0.25, 0.3) is 11.5 Å². The molecule has 0 saturated carbocycles. The van der Waals surface area contributed by atoms with Crippen molar-refractivity contribution in [3.8, 4) is 11.5 Å². The van der Waals surface area contributed by atoms with Crippen LogP contribution in [0.5, 0.6) is 0 Å². The van der Waals surface area contributed by atoms with Crippen LogP contribution in [0.4, 0.5) is 11.6 Å². The molecule has 0 aliphatic carbocycles. The van der Waals surface area contributed by atoms with Gasteiger partial charge in [-0.3, -0.25) is 19.3 Å². The summed E-state index contributed by atoms with van der Waals surface area (Å²) >= 11 is 0. The molecule has 0 fully saturated rings. The van der Waals surface area contributed by atoms with Gasteiger partial charge in [0.05, 0.1) is 24.3 Å². The molecule has 3 aromatic heterocycles. The normalized spacial score (nSPS) is 13.1. The molecule has 3 N–H and O–H groups in total. The van der Waals surface area contributed by atoms with Gasteiger partial charge in [0, 0.05) is 44.7 Å². The summed E-state index contributed by atoms with van der Waals surface area (Å²) in [6, 6.07) is 6.86. The van der Waals surface area contributed by atoms with Crippen molar-refractivity contribution in [3.05, 3.63) is 47.4 Å². The largest absolute Gasteiger partial charge is 1.00 e.